The van der Waals surface area contributed by atoms with E-state index in [0.717, 1.165) is 61.0 Å². The van der Waals surface area contributed by atoms with E-state index >= 15 is 0 Å². The van der Waals surface area contributed by atoms with Crippen molar-refractivity contribution in [3.63, 3.8) is 0 Å². The topological polar surface area (TPSA) is 145 Å². The molecule has 0 saturated carbocycles. The maximum Gasteiger partial charge on any atom is 0.206 e. The highest BCUT2D eigenvalue weighted by Crippen LogP contribution is 2.61. The first-order chi connectivity index (χ1) is 29.1. The summed E-state index contributed by atoms with van der Waals surface area (Å²) in [5.74, 6) is -5.17. The summed E-state index contributed by atoms with van der Waals surface area (Å²) in [5, 5.41) is 84.2. The molecule has 0 heterocycles. The third-order valence-electron chi connectivity index (χ3n) is 12.0. The van der Waals surface area contributed by atoms with Gasteiger partial charge in [0.05, 0.1) is 22.4 Å². The monoisotopic (exact) mass is 787 g/mol. The van der Waals surface area contributed by atoms with Crippen LogP contribution in [-0.2, 0) is 5.41 Å². The van der Waals surface area contributed by atoms with Crippen molar-refractivity contribution in [2.24, 2.45) is 0 Å². The maximum absolute atomic E-state index is 12.3. The number of phenolic OH excluding ortho intramolecular Hbond substituents is 7. The molecule has 0 fully saturated rings. The molecule has 0 unspecified atom stereocenters. The molecule has 0 radical (unpaired) electrons. The molecule has 7 N–H and O–H groups in total. The van der Waals surface area contributed by atoms with Gasteiger partial charge in [-0.1, -0.05) is 140 Å². The van der Waals surface area contributed by atoms with Gasteiger partial charge in [-0.05, 0) is 85.6 Å². The molecule has 60 heavy (non-hydrogen) atoms. The van der Waals surface area contributed by atoms with Crippen molar-refractivity contribution in [3.05, 3.63) is 192 Å². The maximum atomic E-state index is 12.3. The molecule has 0 aliphatic heterocycles. The zero-order valence-electron chi connectivity index (χ0n) is 32.2. The number of aromatic hydroxyl groups is 7. The van der Waals surface area contributed by atoms with Gasteiger partial charge in [0.1, 0.15) is 5.75 Å². The average Bonchev–Trinajstić information content (AvgIpc) is 3.59. The lowest BCUT2D eigenvalue weighted by Crippen LogP contribution is -2.28. The Bertz CT molecular complexity index is 3130. The zero-order chi connectivity index (χ0) is 41.4. The van der Waals surface area contributed by atoms with Crippen LogP contribution in [0.1, 0.15) is 27.8 Å². The van der Waals surface area contributed by atoms with Gasteiger partial charge in [0.15, 0.2) is 23.0 Å². The molecule has 8 nitrogen and oxygen atoms in total. The largest absolute Gasteiger partial charge is 0.507 e. The van der Waals surface area contributed by atoms with Gasteiger partial charge in [0.2, 0.25) is 11.5 Å². The van der Waals surface area contributed by atoms with E-state index in [2.05, 4.69) is 36.4 Å². The molecule has 1 aliphatic carbocycles. The molecule has 0 amide bonds. The fourth-order valence-corrected chi connectivity index (χ4v) is 9.36. The smallest absolute Gasteiger partial charge is 0.206 e. The van der Waals surface area contributed by atoms with E-state index in [9.17, 15) is 35.7 Å². The summed E-state index contributed by atoms with van der Waals surface area (Å²) < 4.78 is 0. The molecular weight excluding hydrogens is 751 g/mol. The second-order valence-electron chi connectivity index (χ2n) is 15.1. The molecule has 1 aliphatic rings. The Balaban J connectivity index is 1.28. The van der Waals surface area contributed by atoms with Gasteiger partial charge >= 0.3 is 0 Å². The van der Waals surface area contributed by atoms with Crippen molar-refractivity contribution in [2.45, 2.75) is 12.3 Å². The summed E-state index contributed by atoms with van der Waals surface area (Å²) in [5.41, 5.74) is 5.38. The molecule has 8 heteroatoms. The van der Waals surface area contributed by atoms with E-state index in [4.69, 9.17) is 0 Å². The van der Waals surface area contributed by atoms with E-state index < -0.39 is 39.9 Å². The summed E-state index contributed by atoms with van der Waals surface area (Å²) in [6.45, 7) is 1.57. The zero-order valence-corrected chi connectivity index (χ0v) is 32.2. The molecule has 0 bridgehead atoms. The van der Waals surface area contributed by atoms with E-state index in [1.54, 1.807) is 13.0 Å². The van der Waals surface area contributed by atoms with Crippen LogP contribution in [0.4, 0.5) is 17.1 Å². The number of hydrogen-bond donors (Lipinski definition) is 7. The molecule has 292 valence electrons. The second kappa shape index (κ2) is 13.5. The number of rotatable bonds is 6. The Morgan fingerprint density at radius 2 is 1.00 bits per heavy atom. The van der Waals surface area contributed by atoms with E-state index in [1.165, 1.54) is 4.90 Å². The molecule has 9 aromatic rings. The quantitative estimate of drug-likeness (QED) is 0.0501. The first kappa shape index (κ1) is 36.3. The van der Waals surface area contributed by atoms with Crippen LogP contribution in [0.2, 0.25) is 0 Å². The fourth-order valence-electron chi connectivity index (χ4n) is 9.36. The highest BCUT2D eigenvalue weighted by Gasteiger charge is 2.46. The van der Waals surface area contributed by atoms with Gasteiger partial charge in [-0.2, -0.15) is 0 Å². The van der Waals surface area contributed by atoms with Gasteiger partial charge in [-0.25, -0.2) is 0 Å². The minimum atomic E-state index is -1.00. The summed E-state index contributed by atoms with van der Waals surface area (Å²) >= 11 is 0. The van der Waals surface area contributed by atoms with Gasteiger partial charge in [0, 0.05) is 17.3 Å². The van der Waals surface area contributed by atoms with Crippen LogP contribution >= 0.6 is 0 Å². The van der Waals surface area contributed by atoms with Crippen LogP contribution in [0.25, 0.3) is 43.8 Å². The molecule has 10 rings (SSSR count). The average molecular weight is 788 g/mol. The number of anilines is 3. The van der Waals surface area contributed by atoms with Crippen molar-refractivity contribution in [2.75, 3.05) is 4.90 Å². The van der Waals surface area contributed by atoms with Gasteiger partial charge in [-0.3, -0.25) is 0 Å². The highest BCUT2D eigenvalue weighted by atomic mass is 16.3. The van der Waals surface area contributed by atoms with Crippen molar-refractivity contribution < 1.29 is 35.7 Å². The lowest BCUT2D eigenvalue weighted by Gasteiger charge is -2.35. The first-order valence-corrected chi connectivity index (χ1v) is 19.4. The van der Waals surface area contributed by atoms with Crippen molar-refractivity contribution in [1.29, 1.82) is 0 Å². The van der Waals surface area contributed by atoms with Gasteiger partial charge < -0.3 is 40.6 Å². The molecule has 0 atom stereocenters. The number of fused-ring (bicyclic) bond motifs is 6. The van der Waals surface area contributed by atoms with Crippen molar-refractivity contribution in [1.82, 2.24) is 0 Å². The van der Waals surface area contributed by atoms with Crippen LogP contribution in [0.5, 0.6) is 40.2 Å². The molecular formula is C52H37NO7. The van der Waals surface area contributed by atoms with Crippen molar-refractivity contribution >= 4 is 38.6 Å². The summed E-state index contributed by atoms with van der Waals surface area (Å²) in [6.07, 6.45) is 0. The van der Waals surface area contributed by atoms with E-state index in [0.29, 0.717) is 11.3 Å². The van der Waals surface area contributed by atoms with Crippen LogP contribution in [0, 0.1) is 6.92 Å². The van der Waals surface area contributed by atoms with Crippen LogP contribution in [0.15, 0.2) is 164 Å². The Morgan fingerprint density at radius 1 is 0.417 bits per heavy atom. The minimum absolute atomic E-state index is 0.00662. The lowest BCUT2D eigenvalue weighted by atomic mass is 9.67. The second-order valence-corrected chi connectivity index (χ2v) is 15.1. The summed E-state index contributed by atoms with van der Waals surface area (Å²) in [6, 6.07) is 52.3. The Hall–Kier alpha value is -8.10. The number of phenols is 7. The Kier molecular flexibility index (Phi) is 8.16. The standard InChI is InChI=1S/C52H37NO7/c1-29-45(50(59)49(58)44(46(29)55)39-26-30-14-8-9-19-34(30)35-20-10-11-21-36(35)39)53(42-28-43(54)48(57)51(60)47(42)56)33-24-25-38-37-22-12-13-23-40(37)52(41(38)27-33,31-15-4-2-5-16-31)32-17-6-3-7-18-32/h2-28,54-60H,1H3. The Labute approximate surface area is 344 Å². The minimum Gasteiger partial charge on any atom is -0.507 e. The van der Waals surface area contributed by atoms with Crippen LogP contribution < -0.4 is 4.90 Å². The Morgan fingerprint density at radius 3 is 1.70 bits per heavy atom. The van der Waals surface area contributed by atoms with Gasteiger partial charge in [-0.15, -0.1) is 0 Å². The number of benzene rings is 9. The van der Waals surface area contributed by atoms with Crippen molar-refractivity contribution in [3.8, 4) is 62.5 Å². The summed E-state index contributed by atoms with van der Waals surface area (Å²) in [4.78, 5) is 1.35. The number of hydrogen-bond acceptors (Lipinski definition) is 8. The molecule has 0 spiro atoms. The third kappa shape index (κ3) is 5.04. The molecule has 0 saturated heterocycles. The number of nitrogens with zero attached hydrogens (tertiary/aromatic N) is 1. The van der Waals surface area contributed by atoms with Crippen LogP contribution in [-0.4, -0.2) is 35.7 Å². The molecule has 9 aromatic carbocycles. The van der Waals surface area contributed by atoms with Gasteiger partial charge in [0.25, 0.3) is 0 Å². The normalized spacial score (nSPS) is 12.7. The first-order valence-electron chi connectivity index (χ1n) is 19.4. The highest BCUT2D eigenvalue weighted by molar-refractivity contribution is 6.15. The third-order valence-corrected chi connectivity index (χ3v) is 12.0. The lowest BCUT2D eigenvalue weighted by molar-refractivity contribution is 0.346. The fraction of sp³-hybridized carbons (Fsp3) is 0.0385. The van der Waals surface area contributed by atoms with E-state index in [1.807, 2.05) is 115 Å². The predicted molar refractivity (Wildman–Crippen MR) is 235 cm³/mol. The van der Waals surface area contributed by atoms with Crippen LogP contribution in [0.3, 0.4) is 0 Å². The molecule has 0 aromatic heterocycles. The SMILES string of the molecule is Cc1c(O)c(-c2cc3ccccc3c3ccccc23)c(O)c(O)c1N(c1ccc2c(c1)C(c1ccccc1)(c1ccccc1)c1ccccc1-2)c1cc(O)c(O)c(O)c1O. The predicted octanol–water partition coefficient (Wildman–Crippen LogP) is 11.7. The van der Waals surface area contributed by atoms with E-state index in [-0.39, 0.29) is 28.3 Å². The summed E-state index contributed by atoms with van der Waals surface area (Å²) in [7, 11) is 0.